The molecule has 0 spiro atoms. The van der Waals surface area contributed by atoms with Gasteiger partial charge in [0.1, 0.15) is 11.6 Å². The Labute approximate surface area is 273 Å². The van der Waals surface area contributed by atoms with Crippen LogP contribution in [0.5, 0.6) is 5.75 Å². The van der Waals surface area contributed by atoms with Gasteiger partial charge in [0.2, 0.25) is 0 Å². The second-order valence-corrected chi connectivity index (χ2v) is 12.1. The van der Waals surface area contributed by atoms with Crippen LogP contribution in [-0.2, 0) is 0 Å². The zero-order valence-corrected chi connectivity index (χ0v) is 25.6. The van der Waals surface area contributed by atoms with E-state index in [0.29, 0.717) is 0 Å². The number of hydrogen-bond acceptors (Lipinski definition) is 4. The number of rotatable bonds is 5. The first-order valence-electron chi connectivity index (χ1n) is 16.0. The Kier molecular flexibility index (Phi) is 6.57. The van der Waals surface area contributed by atoms with Crippen molar-refractivity contribution in [2.45, 2.75) is 12.3 Å². The van der Waals surface area contributed by atoms with E-state index in [2.05, 4.69) is 144 Å². The van der Waals surface area contributed by atoms with E-state index in [1.165, 1.54) is 27.3 Å². The zero-order chi connectivity index (χ0) is 31.2. The molecule has 0 aliphatic carbocycles. The van der Waals surface area contributed by atoms with E-state index >= 15 is 0 Å². The number of anilines is 1. The second-order valence-electron chi connectivity index (χ2n) is 12.1. The fourth-order valence-electron chi connectivity index (χ4n) is 6.73. The molecular weight excluding hydrogens is 574 g/mol. The molecule has 0 saturated heterocycles. The van der Waals surface area contributed by atoms with Crippen LogP contribution in [0.4, 0.5) is 5.69 Å². The maximum atomic E-state index is 6.36. The molecule has 2 N–H and O–H groups in total. The number of aliphatic imine (C=N–C) groups is 1. The maximum absolute atomic E-state index is 6.36. The van der Waals surface area contributed by atoms with Crippen LogP contribution in [0.15, 0.2) is 169 Å². The van der Waals surface area contributed by atoms with Gasteiger partial charge < -0.3 is 15.4 Å². The molecule has 7 aromatic carbocycles. The summed E-state index contributed by atoms with van der Waals surface area (Å²) in [6, 6.07) is 55.2. The third-order valence-corrected chi connectivity index (χ3v) is 9.15. The van der Waals surface area contributed by atoms with Gasteiger partial charge in [-0.15, -0.1) is 0 Å². The molecule has 4 nitrogen and oxygen atoms in total. The lowest BCUT2D eigenvalue weighted by Gasteiger charge is -2.23. The third-order valence-electron chi connectivity index (χ3n) is 9.15. The Morgan fingerprint density at radius 2 is 1.17 bits per heavy atom. The molecule has 47 heavy (non-hydrogen) atoms. The third kappa shape index (κ3) is 5.01. The average Bonchev–Trinajstić information content (AvgIpc) is 3.60. The lowest BCUT2D eigenvalue weighted by Crippen LogP contribution is -2.27. The largest absolute Gasteiger partial charge is 0.464 e. The van der Waals surface area contributed by atoms with Gasteiger partial charge in [-0.05, 0) is 56.6 Å². The molecule has 2 atom stereocenters. The van der Waals surface area contributed by atoms with Crippen molar-refractivity contribution in [3.63, 3.8) is 0 Å². The first-order chi connectivity index (χ1) is 23.3. The van der Waals surface area contributed by atoms with Gasteiger partial charge >= 0.3 is 0 Å². The van der Waals surface area contributed by atoms with Gasteiger partial charge in [0.15, 0.2) is 6.23 Å². The zero-order valence-electron chi connectivity index (χ0n) is 25.6. The summed E-state index contributed by atoms with van der Waals surface area (Å²) in [6.45, 7) is 0. The second kappa shape index (κ2) is 11.3. The first-order valence-corrected chi connectivity index (χ1v) is 16.0. The monoisotopic (exact) mass is 605 g/mol. The highest BCUT2D eigenvalue weighted by Crippen LogP contribution is 2.45. The van der Waals surface area contributed by atoms with Crippen LogP contribution in [0.3, 0.4) is 0 Å². The van der Waals surface area contributed by atoms with Crippen LogP contribution in [-0.4, -0.2) is 5.84 Å². The summed E-state index contributed by atoms with van der Waals surface area (Å²) in [4.78, 5) is 5.27. The van der Waals surface area contributed by atoms with Crippen molar-refractivity contribution in [2.75, 3.05) is 5.32 Å². The van der Waals surface area contributed by atoms with Crippen LogP contribution in [0.25, 0.3) is 38.4 Å². The molecule has 0 bridgehead atoms. The molecule has 4 heteroatoms. The molecule has 2 heterocycles. The van der Waals surface area contributed by atoms with E-state index in [1.807, 2.05) is 30.3 Å². The molecule has 0 aromatic heterocycles. The Bertz CT molecular complexity index is 2310. The van der Waals surface area contributed by atoms with E-state index in [4.69, 9.17) is 9.73 Å². The molecule has 2 unspecified atom stereocenters. The van der Waals surface area contributed by atoms with Crippen molar-refractivity contribution in [1.82, 2.24) is 5.32 Å². The van der Waals surface area contributed by atoms with E-state index < -0.39 is 0 Å². The van der Waals surface area contributed by atoms with Crippen molar-refractivity contribution in [3.05, 3.63) is 186 Å². The Balaban J connectivity index is 1.10. The van der Waals surface area contributed by atoms with Gasteiger partial charge in [-0.3, -0.25) is 4.99 Å². The molecule has 0 amide bonds. The highest BCUT2D eigenvalue weighted by molar-refractivity contribution is 6.17. The summed E-state index contributed by atoms with van der Waals surface area (Å²) in [5.74, 6) is 1.73. The summed E-state index contributed by atoms with van der Waals surface area (Å²) in [5, 5.41) is 12.0. The van der Waals surface area contributed by atoms with Crippen LogP contribution < -0.4 is 15.4 Å². The predicted octanol–water partition coefficient (Wildman–Crippen LogP) is 10.3. The Morgan fingerprint density at radius 1 is 0.532 bits per heavy atom. The fraction of sp³-hybridized carbons (Fsp3) is 0.0465. The van der Waals surface area contributed by atoms with Crippen molar-refractivity contribution in [2.24, 2.45) is 4.99 Å². The van der Waals surface area contributed by atoms with Crippen molar-refractivity contribution >= 4 is 38.8 Å². The van der Waals surface area contributed by atoms with Gasteiger partial charge in [0.05, 0.1) is 11.7 Å². The summed E-state index contributed by atoms with van der Waals surface area (Å²) in [7, 11) is 0. The van der Waals surface area contributed by atoms with Crippen molar-refractivity contribution in [1.29, 1.82) is 0 Å². The van der Waals surface area contributed by atoms with E-state index in [1.54, 1.807) is 0 Å². The number of amidine groups is 1. The Morgan fingerprint density at radius 3 is 1.94 bits per heavy atom. The molecule has 9 rings (SSSR count). The average molecular weight is 606 g/mol. The summed E-state index contributed by atoms with van der Waals surface area (Å²) < 4.78 is 6.36. The number of fused-ring (bicyclic) bond motifs is 5. The minimum atomic E-state index is -0.214. The first kappa shape index (κ1) is 27.2. The van der Waals surface area contributed by atoms with E-state index in [9.17, 15) is 0 Å². The quantitative estimate of drug-likeness (QED) is 0.192. The lowest BCUT2D eigenvalue weighted by molar-refractivity contribution is 0.260. The smallest absolute Gasteiger partial charge is 0.196 e. The fourth-order valence-corrected chi connectivity index (χ4v) is 6.73. The van der Waals surface area contributed by atoms with Crippen molar-refractivity contribution < 1.29 is 4.74 Å². The molecular formula is C43H31N3O. The minimum absolute atomic E-state index is 0.127. The van der Waals surface area contributed by atoms with Crippen LogP contribution in [0, 0.1) is 0 Å². The van der Waals surface area contributed by atoms with E-state index in [0.717, 1.165) is 50.6 Å². The standard InChI is InChI=1S/C43H31N3O/c1-4-10-28(11-5-1)29-16-18-31(19-17-29)38-27-37(30-12-6-2-7-13-30)44-42(45-38)35-22-24-36-34(26-35)21-20-32-23-25-39-41(40(32)36)46-43(47-39)33-14-8-3-9-15-33/h1-27,38,43,46H,(H,44,45). The Hall–Kier alpha value is -6.13. The number of ether oxygens (including phenoxy) is 1. The van der Waals surface area contributed by atoms with Crippen LogP contribution in [0.1, 0.15) is 34.5 Å². The molecule has 7 aromatic rings. The highest BCUT2D eigenvalue weighted by atomic mass is 16.5. The minimum Gasteiger partial charge on any atom is -0.464 e. The van der Waals surface area contributed by atoms with Gasteiger partial charge in [-0.1, -0.05) is 146 Å². The van der Waals surface area contributed by atoms with Crippen LogP contribution in [0.2, 0.25) is 0 Å². The normalized spacial score (nSPS) is 16.9. The van der Waals surface area contributed by atoms with Gasteiger partial charge in [0.25, 0.3) is 0 Å². The number of nitrogens with one attached hydrogen (secondary N) is 2. The van der Waals surface area contributed by atoms with Gasteiger partial charge in [0, 0.05) is 22.2 Å². The maximum Gasteiger partial charge on any atom is 0.196 e. The van der Waals surface area contributed by atoms with Crippen molar-refractivity contribution in [3.8, 4) is 16.9 Å². The summed E-state index contributed by atoms with van der Waals surface area (Å²) in [5.41, 5.74) is 8.93. The lowest BCUT2D eigenvalue weighted by atomic mass is 9.96. The van der Waals surface area contributed by atoms with Gasteiger partial charge in [-0.2, -0.15) is 0 Å². The SMILES string of the molecule is C1=C(c2ccccc2)NC(c2ccc3c(ccc4ccc5c(c43)NC(c3ccccc3)O5)c2)=NC1c1ccc(-c2ccccc2)cc1. The highest BCUT2D eigenvalue weighted by Gasteiger charge is 2.26. The number of hydrogen-bond donors (Lipinski definition) is 2. The number of nitrogens with zero attached hydrogens (tertiary/aromatic N) is 1. The molecule has 2 aliphatic heterocycles. The van der Waals surface area contributed by atoms with E-state index in [-0.39, 0.29) is 12.3 Å². The predicted molar refractivity (Wildman–Crippen MR) is 194 cm³/mol. The molecule has 0 fully saturated rings. The van der Waals surface area contributed by atoms with Crippen LogP contribution >= 0.6 is 0 Å². The molecule has 2 aliphatic rings. The topological polar surface area (TPSA) is 45.6 Å². The summed E-state index contributed by atoms with van der Waals surface area (Å²) >= 11 is 0. The molecule has 224 valence electrons. The molecule has 0 radical (unpaired) electrons. The number of benzene rings is 7. The molecule has 0 saturated carbocycles. The summed E-state index contributed by atoms with van der Waals surface area (Å²) in [6.07, 6.45) is 2.01. The van der Waals surface area contributed by atoms with Gasteiger partial charge in [-0.25, -0.2) is 0 Å².